The van der Waals surface area contributed by atoms with Crippen molar-refractivity contribution in [2.45, 2.75) is 18.9 Å². The molecule has 2 unspecified atom stereocenters. The van der Waals surface area contributed by atoms with Gasteiger partial charge in [-0.25, -0.2) is 9.97 Å². The number of fused-ring (bicyclic) bond motifs is 1. The molecular weight excluding hydrogens is 422 g/mol. The molecule has 10 heteroatoms. The third-order valence-corrected chi connectivity index (χ3v) is 6.27. The number of anilines is 1. The van der Waals surface area contributed by atoms with E-state index >= 15 is 0 Å². The van der Waals surface area contributed by atoms with Gasteiger partial charge in [-0.3, -0.25) is 0 Å². The molecule has 3 heterocycles. The predicted octanol–water partition coefficient (Wildman–Crippen LogP) is 5.02. The molecule has 1 saturated heterocycles. The minimum atomic E-state index is -2.11. The maximum Gasteiger partial charge on any atom is 0.697 e. The van der Waals surface area contributed by atoms with E-state index in [0.717, 1.165) is 36.3 Å². The molecule has 0 N–H and O–H groups in total. The molecule has 28 heavy (non-hydrogen) atoms. The van der Waals surface area contributed by atoms with E-state index in [1.54, 1.807) is 18.6 Å². The normalized spacial score (nSPS) is 17.9. The van der Waals surface area contributed by atoms with E-state index in [9.17, 15) is 4.57 Å². The number of halogens is 2. The lowest BCUT2D eigenvalue weighted by Crippen LogP contribution is -2.39. The molecule has 0 bridgehead atoms. The summed E-state index contributed by atoms with van der Waals surface area (Å²) in [6.45, 7) is 1.37. The van der Waals surface area contributed by atoms with Crippen LogP contribution < -0.4 is 4.90 Å². The van der Waals surface area contributed by atoms with E-state index < -0.39 is 8.25 Å². The Kier molecular flexibility index (Phi) is 5.80. The van der Waals surface area contributed by atoms with Crippen molar-refractivity contribution in [1.82, 2.24) is 14.5 Å². The van der Waals surface area contributed by atoms with Crippen LogP contribution in [-0.2, 0) is 13.6 Å². The molecule has 1 aliphatic rings. The standard InChI is InChI=1S/C18H18Cl2N4O3P/c1-26-28(25)27-12-3-2-7-23(10-12)16-9-15(24-8-6-21-11-24)13-4-5-14(19)17(20)18(13)22-16/h4-6,8-9,11-12H,2-3,7,10H2,1H3/q+1. The Morgan fingerprint density at radius 3 is 2.93 bits per heavy atom. The maximum atomic E-state index is 11.6. The first kappa shape index (κ1) is 19.6. The van der Waals surface area contributed by atoms with Gasteiger partial charge in [-0.15, -0.1) is 9.05 Å². The third kappa shape index (κ3) is 3.86. The van der Waals surface area contributed by atoms with Crippen LogP contribution in [0.15, 0.2) is 36.9 Å². The largest absolute Gasteiger partial charge is 0.697 e. The Hall–Kier alpha value is -1.76. The number of nitrogens with zero attached hydrogens (tertiary/aromatic N) is 4. The van der Waals surface area contributed by atoms with Crippen molar-refractivity contribution in [3.63, 3.8) is 0 Å². The lowest BCUT2D eigenvalue weighted by molar-refractivity contribution is 0.159. The minimum Gasteiger partial charge on any atom is -0.354 e. The SMILES string of the molecule is CO[P+](=O)OC1CCCN(c2cc(-n3ccnc3)c3ccc(Cl)c(Cl)c3n2)C1. The van der Waals surface area contributed by atoms with Crippen LogP contribution in [0, 0.1) is 0 Å². The molecule has 0 amide bonds. The van der Waals surface area contributed by atoms with Crippen LogP contribution in [0.2, 0.25) is 10.0 Å². The fourth-order valence-electron chi connectivity index (χ4n) is 3.38. The second-order valence-corrected chi connectivity index (χ2v) is 8.26. The Morgan fingerprint density at radius 1 is 1.32 bits per heavy atom. The maximum absolute atomic E-state index is 11.6. The lowest BCUT2D eigenvalue weighted by atomic mass is 10.1. The van der Waals surface area contributed by atoms with E-state index in [0.29, 0.717) is 22.1 Å². The topological polar surface area (TPSA) is 69.5 Å². The van der Waals surface area contributed by atoms with Gasteiger partial charge in [0.15, 0.2) is 0 Å². The minimum absolute atomic E-state index is 0.193. The van der Waals surface area contributed by atoms with Crippen LogP contribution in [0.5, 0.6) is 0 Å². The summed E-state index contributed by atoms with van der Waals surface area (Å²) in [6, 6.07) is 5.66. The summed E-state index contributed by atoms with van der Waals surface area (Å²) in [6.07, 6.45) is 6.83. The molecule has 1 aromatic carbocycles. The van der Waals surface area contributed by atoms with Crippen LogP contribution in [0.25, 0.3) is 16.6 Å². The highest BCUT2D eigenvalue weighted by molar-refractivity contribution is 7.33. The van der Waals surface area contributed by atoms with Gasteiger partial charge in [0.1, 0.15) is 11.9 Å². The van der Waals surface area contributed by atoms with Crippen molar-refractivity contribution in [3.8, 4) is 5.69 Å². The summed E-state index contributed by atoms with van der Waals surface area (Å²) in [5.41, 5.74) is 1.53. The Labute approximate surface area is 173 Å². The van der Waals surface area contributed by atoms with Crippen molar-refractivity contribution >= 4 is 48.2 Å². The number of rotatable bonds is 5. The first-order valence-electron chi connectivity index (χ1n) is 8.77. The summed E-state index contributed by atoms with van der Waals surface area (Å²) in [4.78, 5) is 11.0. The number of aromatic nitrogens is 3. The van der Waals surface area contributed by atoms with Gasteiger partial charge in [-0.1, -0.05) is 23.2 Å². The molecule has 146 valence electrons. The number of piperidine rings is 1. The molecule has 2 atom stereocenters. The quantitative estimate of drug-likeness (QED) is 0.520. The zero-order valence-corrected chi connectivity index (χ0v) is 17.5. The fourth-order valence-corrected chi connectivity index (χ4v) is 4.24. The van der Waals surface area contributed by atoms with Gasteiger partial charge >= 0.3 is 8.25 Å². The first-order chi connectivity index (χ1) is 13.6. The monoisotopic (exact) mass is 439 g/mol. The second kappa shape index (κ2) is 8.31. The van der Waals surface area contributed by atoms with Crippen molar-refractivity contribution in [2.24, 2.45) is 0 Å². The molecule has 2 aromatic heterocycles. The summed E-state index contributed by atoms with van der Waals surface area (Å²) in [5.74, 6) is 0.751. The van der Waals surface area contributed by atoms with Crippen molar-refractivity contribution in [2.75, 3.05) is 25.1 Å². The van der Waals surface area contributed by atoms with E-state index in [1.807, 2.05) is 22.9 Å². The van der Waals surface area contributed by atoms with Crippen molar-refractivity contribution in [3.05, 3.63) is 47.0 Å². The Morgan fingerprint density at radius 2 is 2.18 bits per heavy atom. The van der Waals surface area contributed by atoms with E-state index in [2.05, 4.69) is 9.88 Å². The number of benzene rings is 1. The molecule has 0 radical (unpaired) electrons. The lowest BCUT2D eigenvalue weighted by Gasteiger charge is -2.31. The van der Waals surface area contributed by atoms with Crippen molar-refractivity contribution in [1.29, 1.82) is 0 Å². The van der Waals surface area contributed by atoms with Crippen LogP contribution in [0.1, 0.15) is 12.8 Å². The molecule has 0 aliphatic carbocycles. The average Bonchev–Trinajstić information content (AvgIpc) is 3.25. The van der Waals surface area contributed by atoms with Crippen LogP contribution in [0.3, 0.4) is 0 Å². The Bertz CT molecular complexity index is 1020. The van der Waals surface area contributed by atoms with Gasteiger partial charge in [0, 0.05) is 35.0 Å². The molecule has 4 rings (SSSR count). The van der Waals surface area contributed by atoms with Gasteiger partial charge in [-0.05, 0) is 25.0 Å². The van der Waals surface area contributed by atoms with Gasteiger partial charge in [0.05, 0.1) is 41.2 Å². The van der Waals surface area contributed by atoms with E-state index in [4.69, 9.17) is 37.2 Å². The number of imidazole rings is 1. The number of hydrogen-bond donors (Lipinski definition) is 0. The molecule has 1 aliphatic heterocycles. The highest BCUT2D eigenvalue weighted by Gasteiger charge is 2.31. The molecule has 0 spiro atoms. The zero-order chi connectivity index (χ0) is 19.7. The van der Waals surface area contributed by atoms with Gasteiger partial charge < -0.3 is 9.47 Å². The molecule has 7 nitrogen and oxygen atoms in total. The first-order valence-corrected chi connectivity index (χ1v) is 10.6. The highest BCUT2D eigenvalue weighted by atomic mass is 35.5. The number of hydrogen-bond acceptors (Lipinski definition) is 6. The number of pyridine rings is 1. The second-order valence-electron chi connectivity index (χ2n) is 6.45. The fraction of sp³-hybridized carbons (Fsp3) is 0.333. The van der Waals surface area contributed by atoms with Crippen molar-refractivity contribution < 1.29 is 13.6 Å². The van der Waals surface area contributed by atoms with Gasteiger partial charge in [0.2, 0.25) is 0 Å². The third-order valence-electron chi connectivity index (χ3n) is 4.71. The van der Waals surface area contributed by atoms with Gasteiger partial charge in [0.25, 0.3) is 0 Å². The smallest absolute Gasteiger partial charge is 0.354 e. The van der Waals surface area contributed by atoms with E-state index in [1.165, 1.54) is 7.11 Å². The van der Waals surface area contributed by atoms with Crippen LogP contribution >= 0.6 is 31.5 Å². The van der Waals surface area contributed by atoms with Gasteiger partial charge in [-0.2, -0.15) is 0 Å². The molecular formula is C18H18Cl2N4O3P+. The summed E-state index contributed by atoms with van der Waals surface area (Å²) < 4.78 is 23.8. The Balaban J connectivity index is 1.77. The van der Waals surface area contributed by atoms with Crippen LogP contribution in [-0.4, -0.2) is 40.8 Å². The molecule has 1 fully saturated rings. The molecule has 0 saturated carbocycles. The predicted molar refractivity (Wildman–Crippen MR) is 110 cm³/mol. The summed E-state index contributed by atoms with van der Waals surface area (Å²) in [5, 5.41) is 1.74. The van der Waals surface area contributed by atoms with Crippen LogP contribution in [0.4, 0.5) is 5.82 Å². The highest BCUT2D eigenvalue weighted by Crippen LogP contribution is 2.36. The zero-order valence-electron chi connectivity index (χ0n) is 15.1. The summed E-state index contributed by atoms with van der Waals surface area (Å²) in [7, 11) is -0.742. The average molecular weight is 440 g/mol. The van der Waals surface area contributed by atoms with E-state index in [-0.39, 0.29) is 6.10 Å². The summed E-state index contributed by atoms with van der Waals surface area (Å²) >= 11 is 12.7. The molecule has 3 aromatic rings.